The molecule has 0 aliphatic heterocycles. The molecule has 0 saturated carbocycles. The van der Waals surface area contributed by atoms with E-state index in [1.807, 2.05) is 92.4 Å². The van der Waals surface area contributed by atoms with E-state index in [0.717, 1.165) is 40.3 Å². The number of nitrogens with zero attached hydrogens (tertiary/aromatic N) is 3. The lowest BCUT2D eigenvalue weighted by molar-refractivity contribution is -0.117. The lowest BCUT2D eigenvalue weighted by Crippen LogP contribution is -2.20. The number of carbonyl (C=O) groups excluding carboxylic acids is 1. The minimum atomic E-state index is -0.177. The maximum atomic E-state index is 12.8. The number of aryl methyl sites for hydroxylation is 2. The van der Waals surface area contributed by atoms with Gasteiger partial charge in [0.15, 0.2) is 0 Å². The molecule has 0 aliphatic carbocycles. The standard InChI is InChI=1S/C25H26N4O2/c1-4-22(19-8-6-5-7-9-19)24(30)27-21-12-10-20(11-13-21)25-28-23(18(3)31-25)16-29-15-17(2)14-26-29/h5-15,22H,4,16H2,1-3H3,(H,27,30)/t22-/m1/s1. The minimum Gasteiger partial charge on any atom is -0.441 e. The first-order valence-corrected chi connectivity index (χ1v) is 10.4. The largest absolute Gasteiger partial charge is 0.441 e. The second kappa shape index (κ2) is 9.00. The highest BCUT2D eigenvalue weighted by molar-refractivity contribution is 5.96. The van der Waals surface area contributed by atoms with Gasteiger partial charge >= 0.3 is 0 Å². The Balaban J connectivity index is 1.46. The molecule has 2 heterocycles. The average molecular weight is 415 g/mol. The predicted octanol–water partition coefficient (Wildman–Crippen LogP) is 5.34. The number of hydrogen-bond donors (Lipinski definition) is 1. The molecule has 2 aromatic heterocycles. The summed E-state index contributed by atoms with van der Waals surface area (Å²) in [6.07, 6.45) is 4.54. The van der Waals surface area contributed by atoms with E-state index >= 15 is 0 Å². The molecule has 158 valence electrons. The molecule has 2 aromatic carbocycles. The summed E-state index contributed by atoms with van der Waals surface area (Å²) in [6, 6.07) is 17.4. The lowest BCUT2D eigenvalue weighted by atomic mass is 9.95. The molecule has 1 atom stereocenters. The summed E-state index contributed by atoms with van der Waals surface area (Å²) in [5.41, 5.74) is 4.59. The van der Waals surface area contributed by atoms with Crippen molar-refractivity contribution in [3.63, 3.8) is 0 Å². The van der Waals surface area contributed by atoms with E-state index in [1.54, 1.807) is 0 Å². The van der Waals surface area contributed by atoms with Crippen molar-refractivity contribution in [1.82, 2.24) is 14.8 Å². The molecule has 4 aromatic rings. The van der Waals surface area contributed by atoms with Gasteiger partial charge in [-0.25, -0.2) is 4.98 Å². The molecule has 1 N–H and O–H groups in total. The Kier molecular flexibility index (Phi) is 5.98. The van der Waals surface area contributed by atoms with Crippen LogP contribution in [0.1, 0.15) is 41.8 Å². The smallest absolute Gasteiger partial charge is 0.231 e. The number of hydrogen-bond acceptors (Lipinski definition) is 4. The molecule has 0 saturated heterocycles. The summed E-state index contributed by atoms with van der Waals surface area (Å²) < 4.78 is 7.72. The first-order chi connectivity index (χ1) is 15.0. The molecule has 6 heteroatoms. The van der Waals surface area contributed by atoms with Gasteiger partial charge in [0.25, 0.3) is 0 Å². The van der Waals surface area contributed by atoms with Crippen LogP contribution in [0.4, 0.5) is 5.69 Å². The summed E-state index contributed by atoms with van der Waals surface area (Å²) >= 11 is 0. The van der Waals surface area contributed by atoms with Gasteiger partial charge < -0.3 is 9.73 Å². The van der Waals surface area contributed by atoms with Crippen molar-refractivity contribution < 1.29 is 9.21 Å². The van der Waals surface area contributed by atoms with Crippen LogP contribution < -0.4 is 5.32 Å². The number of nitrogens with one attached hydrogen (secondary N) is 1. The van der Waals surface area contributed by atoms with Gasteiger partial charge in [0, 0.05) is 17.4 Å². The molecule has 0 radical (unpaired) electrons. The van der Waals surface area contributed by atoms with Crippen LogP contribution in [0.5, 0.6) is 0 Å². The van der Waals surface area contributed by atoms with Crippen LogP contribution in [-0.2, 0) is 11.3 Å². The highest BCUT2D eigenvalue weighted by atomic mass is 16.4. The zero-order chi connectivity index (χ0) is 21.8. The van der Waals surface area contributed by atoms with Crippen molar-refractivity contribution in [3.05, 3.63) is 89.6 Å². The molecule has 0 bridgehead atoms. The van der Waals surface area contributed by atoms with Gasteiger partial charge in [0.2, 0.25) is 11.8 Å². The molecular weight excluding hydrogens is 388 g/mol. The average Bonchev–Trinajstić information content (AvgIpc) is 3.35. The maximum absolute atomic E-state index is 12.8. The zero-order valence-corrected chi connectivity index (χ0v) is 18.0. The van der Waals surface area contributed by atoms with E-state index in [-0.39, 0.29) is 11.8 Å². The quantitative estimate of drug-likeness (QED) is 0.443. The lowest BCUT2D eigenvalue weighted by Gasteiger charge is -2.15. The Morgan fingerprint density at radius 2 is 1.84 bits per heavy atom. The van der Waals surface area contributed by atoms with E-state index in [4.69, 9.17) is 4.42 Å². The molecule has 31 heavy (non-hydrogen) atoms. The van der Waals surface area contributed by atoms with Crippen LogP contribution >= 0.6 is 0 Å². The van der Waals surface area contributed by atoms with Crippen LogP contribution in [0.2, 0.25) is 0 Å². The summed E-state index contributed by atoms with van der Waals surface area (Å²) in [5.74, 6) is 1.15. The van der Waals surface area contributed by atoms with Gasteiger partial charge in [-0.1, -0.05) is 37.3 Å². The Hall–Kier alpha value is -3.67. The third-order valence-corrected chi connectivity index (χ3v) is 5.29. The number of carbonyl (C=O) groups is 1. The Morgan fingerprint density at radius 3 is 2.48 bits per heavy atom. The van der Waals surface area contributed by atoms with Crippen molar-refractivity contribution in [2.45, 2.75) is 39.7 Å². The molecule has 1 amide bonds. The third kappa shape index (κ3) is 4.74. The minimum absolute atomic E-state index is 0.00906. The number of amides is 1. The van der Waals surface area contributed by atoms with Crippen LogP contribution in [0.3, 0.4) is 0 Å². The Bertz CT molecular complexity index is 1160. The zero-order valence-electron chi connectivity index (χ0n) is 18.0. The number of benzene rings is 2. The Morgan fingerprint density at radius 1 is 1.10 bits per heavy atom. The normalized spacial score (nSPS) is 12.0. The van der Waals surface area contributed by atoms with Gasteiger partial charge in [-0.2, -0.15) is 5.10 Å². The number of oxazole rings is 1. The van der Waals surface area contributed by atoms with Gasteiger partial charge in [0.05, 0.1) is 18.7 Å². The van der Waals surface area contributed by atoms with Crippen molar-refractivity contribution >= 4 is 11.6 Å². The van der Waals surface area contributed by atoms with Crippen LogP contribution in [-0.4, -0.2) is 20.7 Å². The van der Waals surface area contributed by atoms with E-state index in [9.17, 15) is 4.79 Å². The number of anilines is 1. The van der Waals surface area contributed by atoms with Crippen LogP contribution in [0, 0.1) is 13.8 Å². The van der Waals surface area contributed by atoms with Crippen molar-refractivity contribution in [3.8, 4) is 11.5 Å². The molecule has 4 rings (SSSR count). The first-order valence-electron chi connectivity index (χ1n) is 10.4. The summed E-state index contributed by atoms with van der Waals surface area (Å²) in [6.45, 7) is 6.50. The van der Waals surface area contributed by atoms with E-state index < -0.39 is 0 Å². The molecule has 6 nitrogen and oxygen atoms in total. The molecule has 0 unspecified atom stereocenters. The molecule has 0 spiro atoms. The number of rotatable bonds is 7. The highest BCUT2D eigenvalue weighted by Gasteiger charge is 2.19. The van der Waals surface area contributed by atoms with E-state index in [2.05, 4.69) is 15.4 Å². The fraction of sp³-hybridized carbons (Fsp3) is 0.240. The van der Waals surface area contributed by atoms with Gasteiger partial charge in [-0.05, 0) is 55.7 Å². The third-order valence-electron chi connectivity index (χ3n) is 5.29. The van der Waals surface area contributed by atoms with Crippen molar-refractivity contribution in [1.29, 1.82) is 0 Å². The molecule has 0 aliphatic rings. The fourth-order valence-electron chi connectivity index (χ4n) is 3.59. The van der Waals surface area contributed by atoms with Gasteiger partial charge in [-0.3, -0.25) is 9.48 Å². The van der Waals surface area contributed by atoms with Crippen LogP contribution in [0.25, 0.3) is 11.5 Å². The second-order valence-corrected chi connectivity index (χ2v) is 7.68. The van der Waals surface area contributed by atoms with Crippen LogP contribution in [0.15, 0.2) is 71.4 Å². The summed E-state index contributed by atoms with van der Waals surface area (Å²) in [7, 11) is 0. The topological polar surface area (TPSA) is 73.0 Å². The monoisotopic (exact) mass is 414 g/mol. The van der Waals surface area contributed by atoms with Gasteiger partial charge in [-0.15, -0.1) is 0 Å². The van der Waals surface area contributed by atoms with Crippen molar-refractivity contribution in [2.75, 3.05) is 5.32 Å². The Labute approximate surface area is 181 Å². The second-order valence-electron chi connectivity index (χ2n) is 7.68. The van der Waals surface area contributed by atoms with Crippen molar-refractivity contribution in [2.24, 2.45) is 0 Å². The molecular formula is C25H26N4O2. The van der Waals surface area contributed by atoms with E-state index in [0.29, 0.717) is 12.4 Å². The summed E-state index contributed by atoms with van der Waals surface area (Å²) in [4.78, 5) is 17.4. The fourth-order valence-corrected chi connectivity index (χ4v) is 3.59. The predicted molar refractivity (Wildman–Crippen MR) is 121 cm³/mol. The SMILES string of the molecule is CC[C@@H](C(=O)Nc1ccc(-c2nc(Cn3cc(C)cn3)c(C)o2)cc1)c1ccccc1. The van der Waals surface area contributed by atoms with Gasteiger partial charge in [0.1, 0.15) is 11.5 Å². The molecule has 0 fully saturated rings. The number of aromatic nitrogens is 3. The highest BCUT2D eigenvalue weighted by Crippen LogP contribution is 2.25. The summed E-state index contributed by atoms with van der Waals surface area (Å²) in [5, 5.41) is 7.33. The first kappa shape index (κ1) is 20.6. The maximum Gasteiger partial charge on any atom is 0.231 e. The van der Waals surface area contributed by atoms with E-state index in [1.165, 1.54) is 0 Å².